The van der Waals surface area contributed by atoms with Gasteiger partial charge in [-0.15, -0.1) is 11.6 Å². The van der Waals surface area contributed by atoms with Gasteiger partial charge < -0.3 is 10.4 Å². The fourth-order valence-electron chi connectivity index (χ4n) is 3.76. The number of amides is 1. The second-order valence-electron chi connectivity index (χ2n) is 6.88. The highest BCUT2D eigenvalue weighted by Crippen LogP contribution is 2.40. The lowest BCUT2D eigenvalue weighted by atomic mass is 9.78. The summed E-state index contributed by atoms with van der Waals surface area (Å²) in [4.78, 5) is 12.1. The van der Waals surface area contributed by atoms with Gasteiger partial charge in [0, 0.05) is 11.9 Å². The Kier molecular flexibility index (Phi) is 6.60. The van der Waals surface area contributed by atoms with E-state index in [1.54, 1.807) is 0 Å². The molecule has 2 fully saturated rings. The van der Waals surface area contributed by atoms with Crippen molar-refractivity contribution in [2.24, 2.45) is 17.8 Å². The van der Waals surface area contributed by atoms with E-state index >= 15 is 0 Å². The average molecular weight is 356 g/mol. The zero-order valence-electron chi connectivity index (χ0n) is 13.1. The third-order valence-electron chi connectivity index (χ3n) is 5.23. The van der Waals surface area contributed by atoms with Gasteiger partial charge in [0.05, 0.1) is 17.9 Å². The van der Waals surface area contributed by atoms with E-state index in [0.717, 1.165) is 25.7 Å². The summed E-state index contributed by atoms with van der Waals surface area (Å²) < 4.78 is 38.4. The molecule has 2 aliphatic carbocycles. The smallest absolute Gasteiger partial charge is 0.391 e. The molecule has 7 heteroatoms. The number of rotatable bonds is 4. The second-order valence-corrected chi connectivity index (χ2v) is 7.45. The Morgan fingerprint density at radius 1 is 1.17 bits per heavy atom. The molecule has 2 aliphatic rings. The van der Waals surface area contributed by atoms with Crippen LogP contribution < -0.4 is 5.32 Å². The fraction of sp³-hybridized carbons (Fsp3) is 0.938. The van der Waals surface area contributed by atoms with Crippen LogP contribution in [0.2, 0.25) is 0 Å². The van der Waals surface area contributed by atoms with Crippen LogP contribution in [0.5, 0.6) is 0 Å². The Balaban J connectivity index is 1.79. The molecular formula is C16H25ClF3NO2. The Labute approximate surface area is 140 Å². The van der Waals surface area contributed by atoms with E-state index in [9.17, 15) is 23.1 Å². The van der Waals surface area contributed by atoms with E-state index in [4.69, 9.17) is 11.6 Å². The van der Waals surface area contributed by atoms with Crippen LogP contribution in [0.4, 0.5) is 13.2 Å². The molecule has 2 rings (SSSR count). The zero-order chi connectivity index (χ0) is 17.0. The first-order valence-corrected chi connectivity index (χ1v) is 8.89. The third kappa shape index (κ3) is 5.24. The lowest BCUT2D eigenvalue weighted by Crippen LogP contribution is -2.43. The van der Waals surface area contributed by atoms with Gasteiger partial charge in [0.25, 0.3) is 0 Å². The number of carbonyl (C=O) groups is 1. The number of hydrogen-bond acceptors (Lipinski definition) is 2. The van der Waals surface area contributed by atoms with Crippen LogP contribution >= 0.6 is 11.6 Å². The van der Waals surface area contributed by atoms with Crippen LogP contribution in [0, 0.1) is 17.8 Å². The minimum Gasteiger partial charge on any atom is -0.391 e. The largest absolute Gasteiger partial charge is 0.391 e. The summed E-state index contributed by atoms with van der Waals surface area (Å²) in [5, 5.41) is 12.6. The van der Waals surface area contributed by atoms with Crippen LogP contribution in [0.15, 0.2) is 0 Å². The molecule has 4 unspecified atom stereocenters. The van der Waals surface area contributed by atoms with E-state index in [1.165, 1.54) is 0 Å². The molecule has 1 amide bonds. The predicted molar refractivity (Wildman–Crippen MR) is 82.1 cm³/mol. The molecule has 0 spiro atoms. The lowest BCUT2D eigenvalue weighted by molar-refractivity contribution is -0.188. The van der Waals surface area contributed by atoms with Crippen molar-refractivity contribution in [3.8, 4) is 0 Å². The first-order chi connectivity index (χ1) is 10.8. The van der Waals surface area contributed by atoms with Gasteiger partial charge in [-0.25, -0.2) is 0 Å². The number of alkyl halides is 4. The molecule has 0 aromatic carbocycles. The van der Waals surface area contributed by atoms with E-state index in [1.807, 2.05) is 0 Å². The van der Waals surface area contributed by atoms with Crippen molar-refractivity contribution in [2.45, 2.75) is 69.0 Å². The highest BCUT2D eigenvalue weighted by atomic mass is 35.5. The van der Waals surface area contributed by atoms with Crippen molar-refractivity contribution in [2.75, 3.05) is 6.54 Å². The highest BCUT2D eigenvalue weighted by Gasteiger charge is 2.43. The molecule has 0 saturated heterocycles. The molecule has 0 bridgehead atoms. The molecule has 0 heterocycles. The molecule has 5 atom stereocenters. The van der Waals surface area contributed by atoms with Crippen molar-refractivity contribution in [1.82, 2.24) is 5.32 Å². The molecular weight excluding hydrogens is 331 g/mol. The highest BCUT2D eigenvalue weighted by molar-refractivity contribution is 6.22. The number of aliphatic hydroxyl groups excluding tert-OH is 1. The quantitative estimate of drug-likeness (QED) is 0.756. The van der Waals surface area contributed by atoms with E-state index < -0.39 is 24.1 Å². The average Bonchev–Trinajstić information content (AvgIpc) is 2.52. The lowest BCUT2D eigenvalue weighted by Gasteiger charge is -2.33. The number of carbonyl (C=O) groups excluding carboxylic acids is 1. The van der Waals surface area contributed by atoms with Gasteiger partial charge in [-0.2, -0.15) is 13.2 Å². The summed E-state index contributed by atoms with van der Waals surface area (Å²) in [5.41, 5.74) is 0. The molecule has 0 aliphatic heterocycles. The van der Waals surface area contributed by atoms with Crippen LogP contribution in [0.25, 0.3) is 0 Å². The topological polar surface area (TPSA) is 49.3 Å². The normalized spacial score (nSPS) is 34.0. The van der Waals surface area contributed by atoms with Gasteiger partial charge >= 0.3 is 6.18 Å². The summed E-state index contributed by atoms with van der Waals surface area (Å²) in [6.07, 6.45) is -0.499. The monoisotopic (exact) mass is 355 g/mol. The molecule has 2 N–H and O–H groups in total. The Morgan fingerprint density at radius 3 is 2.52 bits per heavy atom. The Bertz CT molecular complexity index is 405. The summed E-state index contributed by atoms with van der Waals surface area (Å²) >= 11 is 6.16. The third-order valence-corrected chi connectivity index (χ3v) is 5.75. The molecule has 3 nitrogen and oxygen atoms in total. The minimum atomic E-state index is -4.20. The van der Waals surface area contributed by atoms with Crippen molar-refractivity contribution in [3.63, 3.8) is 0 Å². The second kappa shape index (κ2) is 8.06. The van der Waals surface area contributed by atoms with Gasteiger partial charge in [0.1, 0.15) is 0 Å². The zero-order valence-corrected chi connectivity index (χ0v) is 13.9. The van der Waals surface area contributed by atoms with E-state index in [-0.39, 0.29) is 36.6 Å². The predicted octanol–water partition coefficient (Wildman–Crippen LogP) is 3.63. The molecule has 23 heavy (non-hydrogen) atoms. The van der Waals surface area contributed by atoms with Gasteiger partial charge in [-0.3, -0.25) is 4.79 Å². The number of aliphatic hydroxyl groups is 1. The summed E-state index contributed by atoms with van der Waals surface area (Å²) in [6.45, 7) is 0.00812. The van der Waals surface area contributed by atoms with Crippen LogP contribution in [-0.4, -0.2) is 35.2 Å². The van der Waals surface area contributed by atoms with Crippen LogP contribution in [0.3, 0.4) is 0 Å². The maximum absolute atomic E-state index is 12.8. The number of hydrogen-bond donors (Lipinski definition) is 2. The first-order valence-electron chi connectivity index (χ1n) is 8.45. The molecule has 0 aromatic rings. The van der Waals surface area contributed by atoms with E-state index in [0.29, 0.717) is 12.8 Å². The van der Waals surface area contributed by atoms with Crippen molar-refractivity contribution in [1.29, 1.82) is 0 Å². The van der Waals surface area contributed by atoms with Gasteiger partial charge in [-0.05, 0) is 38.0 Å². The maximum Gasteiger partial charge on any atom is 0.391 e. The first kappa shape index (κ1) is 18.8. The molecule has 0 radical (unpaired) electrons. The van der Waals surface area contributed by atoms with Crippen LogP contribution in [-0.2, 0) is 4.79 Å². The molecule has 2 saturated carbocycles. The summed E-state index contributed by atoms with van der Waals surface area (Å²) in [6, 6.07) is 0. The Morgan fingerprint density at radius 2 is 1.87 bits per heavy atom. The number of halogens is 4. The molecule has 0 aromatic heterocycles. The van der Waals surface area contributed by atoms with Crippen LogP contribution in [0.1, 0.15) is 51.4 Å². The van der Waals surface area contributed by atoms with E-state index in [2.05, 4.69) is 5.32 Å². The van der Waals surface area contributed by atoms with Gasteiger partial charge in [-0.1, -0.05) is 19.3 Å². The Hall–Kier alpha value is -0.490. The van der Waals surface area contributed by atoms with Crippen molar-refractivity contribution in [3.05, 3.63) is 0 Å². The molecule has 134 valence electrons. The number of nitrogens with one attached hydrogen (secondary N) is 1. The minimum absolute atomic E-state index is 0.00812. The summed E-state index contributed by atoms with van der Waals surface area (Å²) in [7, 11) is 0. The SMILES string of the molecule is O=C(NC[C@H](O)C1CCCC(C(F)(F)F)C1)C1CCCCC1Cl. The van der Waals surface area contributed by atoms with Crippen molar-refractivity contribution < 1.29 is 23.1 Å². The van der Waals surface area contributed by atoms with Crippen molar-refractivity contribution >= 4 is 17.5 Å². The standard InChI is InChI=1S/C16H25ClF3NO2/c17-13-7-2-1-6-12(13)15(23)21-9-14(22)10-4-3-5-11(8-10)16(18,19)20/h10-14,22H,1-9H2,(H,21,23)/t10?,11?,12?,13?,14-/m0/s1. The fourth-order valence-corrected chi connectivity index (χ4v) is 4.15. The van der Waals surface area contributed by atoms with Gasteiger partial charge in [0.15, 0.2) is 0 Å². The summed E-state index contributed by atoms with van der Waals surface area (Å²) in [5.74, 6) is -2.19. The maximum atomic E-state index is 12.8. The van der Waals surface area contributed by atoms with Gasteiger partial charge in [0.2, 0.25) is 5.91 Å².